The highest BCUT2D eigenvalue weighted by atomic mass is 16.5. The van der Waals surface area contributed by atoms with E-state index in [1.807, 2.05) is 44.2 Å². The van der Waals surface area contributed by atoms with Crippen LogP contribution in [-0.2, 0) is 14.9 Å². The first-order valence-corrected chi connectivity index (χ1v) is 5.70. The molecule has 0 aliphatic carbocycles. The molecule has 0 spiro atoms. The second kappa shape index (κ2) is 6.45. The summed E-state index contributed by atoms with van der Waals surface area (Å²) in [6.45, 7) is 3.66. The van der Waals surface area contributed by atoms with Crippen molar-refractivity contribution in [2.45, 2.75) is 19.3 Å². The predicted octanol–water partition coefficient (Wildman–Crippen LogP) is 1.35. The summed E-state index contributed by atoms with van der Waals surface area (Å²) in [6, 6.07) is 9.41. The predicted molar refractivity (Wildman–Crippen MR) is 70.9 cm³/mol. The van der Waals surface area contributed by atoms with Gasteiger partial charge in [-0.05, 0) is 19.4 Å². The Hall–Kier alpha value is -2.48. The normalized spacial score (nSPS) is 11.9. The van der Waals surface area contributed by atoms with Crippen molar-refractivity contribution in [1.29, 1.82) is 0 Å². The first-order valence-electron chi connectivity index (χ1n) is 5.70. The third kappa shape index (κ3) is 4.72. The second-order valence-corrected chi connectivity index (χ2v) is 4.35. The number of hydrazine groups is 1. The molecule has 1 saturated heterocycles. The number of hydrogen-bond acceptors (Lipinski definition) is 3. The molecule has 2 N–H and O–H groups in total. The average molecular weight is 260 g/mol. The number of carbonyl (C=O) groups excluding carboxylic acids is 2. The first-order chi connectivity index (χ1) is 8.98. The lowest BCUT2D eigenvalue weighted by atomic mass is 9.85. The highest BCUT2D eigenvalue weighted by molar-refractivity contribution is 5.85. The van der Waals surface area contributed by atoms with Crippen LogP contribution in [0.25, 0.3) is 0 Å². The van der Waals surface area contributed by atoms with Crippen LogP contribution in [0.15, 0.2) is 30.3 Å². The molecule has 100 valence electrons. The zero-order chi connectivity index (χ0) is 14.3. The fourth-order valence-electron chi connectivity index (χ4n) is 1.29. The number of benzene rings is 1. The summed E-state index contributed by atoms with van der Waals surface area (Å²) >= 11 is 0. The van der Waals surface area contributed by atoms with Gasteiger partial charge < -0.3 is 4.74 Å². The SMILES string of the molecule is C#CCOC(=O)C(C)(C)c1ccccc1.O=C1NN1. The molecule has 1 aliphatic rings. The topological polar surface area (TPSA) is 87.2 Å². The van der Waals surface area contributed by atoms with E-state index in [1.165, 1.54) is 0 Å². The Morgan fingerprint density at radius 1 is 1.32 bits per heavy atom. The van der Waals surface area contributed by atoms with E-state index in [9.17, 15) is 9.59 Å². The van der Waals surface area contributed by atoms with E-state index in [4.69, 9.17) is 11.2 Å². The monoisotopic (exact) mass is 260 g/mol. The maximum absolute atomic E-state index is 11.7. The van der Waals surface area contributed by atoms with E-state index in [-0.39, 0.29) is 18.6 Å². The Morgan fingerprint density at radius 3 is 2.26 bits per heavy atom. The molecule has 0 saturated carbocycles. The Labute approximate surface area is 112 Å². The number of esters is 1. The Bertz CT molecular complexity index is 483. The van der Waals surface area contributed by atoms with Gasteiger partial charge in [-0.15, -0.1) is 6.42 Å². The maximum atomic E-state index is 11.7. The number of rotatable bonds is 3. The summed E-state index contributed by atoms with van der Waals surface area (Å²) in [5, 5.41) is 0. The highest BCUT2D eigenvalue weighted by Gasteiger charge is 2.30. The molecule has 2 amide bonds. The molecular formula is C14H16N2O3. The van der Waals surface area contributed by atoms with E-state index in [0.717, 1.165) is 5.56 Å². The highest BCUT2D eigenvalue weighted by Crippen LogP contribution is 2.24. The number of terminal acetylenes is 1. The summed E-state index contributed by atoms with van der Waals surface area (Å²) < 4.78 is 4.94. The van der Waals surface area contributed by atoms with Crippen LogP contribution < -0.4 is 10.9 Å². The molecule has 5 heteroatoms. The molecular weight excluding hydrogens is 244 g/mol. The van der Waals surface area contributed by atoms with Crippen LogP contribution in [0.5, 0.6) is 0 Å². The molecule has 0 radical (unpaired) electrons. The summed E-state index contributed by atoms with van der Waals surface area (Å²) in [6.07, 6.45) is 5.03. The molecule has 0 bridgehead atoms. The lowest BCUT2D eigenvalue weighted by Gasteiger charge is -2.22. The third-order valence-electron chi connectivity index (χ3n) is 2.52. The van der Waals surface area contributed by atoms with Gasteiger partial charge in [0.2, 0.25) is 0 Å². The van der Waals surface area contributed by atoms with E-state index < -0.39 is 5.41 Å². The van der Waals surface area contributed by atoms with Crippen LogP contribution >= 0.6 is 0 Å². The van der Waals surface area contributed by atoms with Crippen molar-refractivity contribution >= 4 is 12.0 Å². The standard InChI is InChI=1S/C13H14O2.CH2N2O/c1-4-10-15-12(14)13(2,3)11-8-6-5-7-9-11;4-1-2-3-1/h1,5-9H,10H2,2-3H3;(H2,2,3,4). The molecule has 1 heterocycles. The zero-order valence-corrected chi connectivity index (χ0v) is 10.9. The van der Waals surface area contributed by atoms with Gasteiger partial charge in [0, 0.05) is 0 Å². The fourth-order valence-corrected chi connectivity index (χ4v) is 1.29. The number of ether oxygens (including phenoxy) is 1. The first kappa shape index (κ1) is 14.6. The van der Waals surface area contributed by atoms with Gasteiger partial charge in [-0.1, -0.05) is 36.3 Å². The summed E-state index contributed by atoms with van der Waals surface area (Å²) in [5.41, 5.74) is 4.69. The van der Waals surface area contributed by atoms with Gasteiger partial charge >= 0.3 is 12.0 Å². The van der Waals surface area contributed by atoms with Gasteiger partial charge in [-0.25, -0.2) is 15.6 Å². The fraction of sp³-hybridized carbons (Fsp3) is 0.286. The largest absolute Gasteiger partial charge is 0.452 e. The van der Waals surface area contributed by atoms with Crippen molar-refractivity contribution in [3.05, 3.63) is 35.9 Å². The molecule has 0 atom stereocenters. The minimum atomic E-state index is -0.655. The molecule has 0 unspecified atom stereocenters. The Morgan fingerprint density at radius 2 is 1.84 bits per heavy atom. The Balaban J connectivity index is 0.000000382. The van der Waals surface area contributed by atoms with Crippen molar-refractivity contribution in [3.63, 3.8) is 0 Å². The van der Waals surface area contributed by atoms with E-state index in [0.29, 0.717) is 0 Å². The van der Waals surface area contributed by atoms with Crippen LogP contribution in [0.4, 0.5) is 4.79 Å². The van der Waals surface area contributed by atoms with E-state index in [1.54, 1.807) is 0 Å². The molecule has 5 nitrogen and oxygen atoms in total. The van der Waals surface area contributed by atoms with Crippen LogP contribution in [0.1, 0.15) is 19.4 Å². The number of amides is 2. The number of carbonyl (C=O) groups is 2. The van der Waals surface area contributed by atoms with Gasteiger partial charge in [0.05, 0.1) is 5.41 Å². The van der Waals surface area contributed by atoms with Crippen molar-refractivity contribution in [3.8, 4) is 12.3 Å². The number of urea groups is 1. The minimum Gasteiger partial charge on any atom is -0.452 e. The van der Waals surface area contributed by atoms with Gasteiger partial charge in [-0.2, -0.15) is 0 Å². The number of nitrogens with one attached hydrogen (secondary N) is 2. The molecule has 0 aromatic heterocycles. The molecule has 1 aliphatic heterocycles. The lowest BCUT2D eigenvalue weighted by molar-refractivity contribution is -0.147. The maximum Gasteiger partial charge on any atom is 0.352 e. The summed E-state index contributed by atoms with van der Waals surface area (Å²) in [4.78, 5) is 21.0. The Kier molecular flexibility index (Phi) is 4.95. The summed E-state index contributed by atoms with van der Waals surface area (Å²) in [5.74, 6) is 1.98. The second-order valence-electron chi connectivity index (χ2n) is 4.35. The van der Waals surface area contributed by atoms with Gasteiger partial charge in [0.1, 0.15) is 0 Å². The smallest absolute Gasteiger partial charge is 0.352 e. The van der Waals surface area contributed by atoms with Crippen molar-refractivity contribution < 1.29 is 14.3 Å². The van der Waals surface area contributed by atoms with Crippen molar-refractivity contribution in [2.24, 2.45) is 0 Å². The molecule has 2 rings (SSSR count). The van der Waals surface area contributed by atoms with Crippen molar-refractivity contribution in [2.75, 3.05) is 6.61 Å². The van der Waals surface area contributed by atoms with Gasteiger partial charge in [0.25, 0.3) is 0 Å². The van der Waals surface area contributed by atoms with Crippen molar-refractivity contribution in [1.82, 2.24) is 10.9 Å². The van der Waals surface area contributed by atoms with E-state index >= 15 is 0 Å². The minimum absolute atomic E-state index is 0.0229. The zero-order valence-electron chi connectivity index (χ0n) is 10.9. The third-order valence-corrected chi connectivity index (χ3v) is 2.52. The van der Waals surface area contributed by atoms with Crippen LogP contribution in [0.3, 0.4) is 0 Å². The van der Waals surface area contributed by atoms with Gasteiger partial charge in [-0.3, -0.25) is 4.79 Å². The van der Waals surface area contributed by atoms with Gasteiger partial charge in [0.15, 0.2) is 6.61 Å². The average Bonchev–Trinajstić information content (AvgIpc) is 3.20. The van der Waals surface area contributed by atoms with Crippen LogP contribution in [-0.4, -0.2) is 18.6 Å². The molecule has 1 aromatic rings. The molecule has 19 heavy (non-hydrogen) atoms. The lowest BCUT2D eigenvalue weighted by Crippen LogP contribution is -2.31. The van der Waals surface area contributed by atoms with E-state index in [2.05, 4.69) is 16.8 Å². The van der Waals surface area contributed by atoms with Crippen LogP contribution in [0.2, 0.25) is 0 Å². The quantitative estimate of drug-likeness (QED) is 0.488. The van der Waals surface area contributed by atoms with Crippen LogP contribution in [0, 0.1) is 12.3 Å². The number of hydrogen-bond donors (Lipinski definition) is 2. The molecule has 1 aromatic carbocycles. The molecule has 1 fully saturated rings. The summed E-state index contributed by atoms with van der Waals surface area (Å²) in [7, 11) is 0.